The number of hydrogen-bond donors (Lipinski definition) is 2. The molecule has 2 N–H and O–H groups in total. The van der Waals surface area contributed by atoms with Gasteiger partial charge in [0, 0.05) is 30.0 Å². The lowest BCUT2D eigenvalue weighted by molar-refractivity contribution is 0.419. The van der Waals surface area contributed by atoms with Gasteiger partial charge < -0.3 is 10.6 Å². The highest BCUT2D eigenvalue weighted by atomic mass is 79.9. The van der Waals surface area contributed by atoms with Gasteiger partial charge in [0.05, 0.1) is 5.54 Å². The minimum absolute atomic E-state index is 0.0637. The summed E-state index contributed by atoms with van der Waals surface area (Å²) < 4.78 is 1.14. The monoisotopic (exact) mass is 327 g/mol. The molecule has 1 aliphatic heterocycles. The fourth-order valence-corrected chi connectivity index (χ4v) is 3.93. The summed E-state index contributed by atoms with van der Waals surface area (Å²) in [5.41, 5.74) is 2.34. The van der Waals surface area contributed by atoms with Crippen molar-refractivity contribution in [2.24, 2.45) is 4.99 Å². The molecule has 1 aromatic rings. The van der Waals surface area contributed by atoms with E-state index in [0.29, 0.717) is 0 Å². The minimum atomic E-state index is -0.0637. The Morgan fingerprint density at radius 3 is 2.94 bits per heavy atom. The van der Waals surface area contributed by atoms with Crippen molar-refractivity contribution in [3.63, 3.8) is 0 Å². The van der Waals surface area contributed by atoms with E-state index < -0.39 is 0 Å². The quantitative estimate of drug-likeness (QED) is 0.873. The van der Waals surface area contributed by atoms with Gasteiger partial charge in [-0.15, -0.1) is 0 Å². The van der Waals surface area contributed by atoms with E-state index in [-0.39, 0.29) is 5.54 Å². The molecule has 1 aliphatic rings. The maximum absolute atomic E-state index is 4.28. The van der Waals surface area contributed by atoms with Crippen molar-refractivity contribution in [1.29, 1.82) is 0 Å². The summed E-state index contributed by atoms with van der Waals surface area (Å²) in [5.74, 6) is 1.09. The third-order valence-corrected chi connectivity index (χ3v) is 4.93. The number of hydrogen-bond acceptors (Lipinski definition) is 3. The summed E-state index contributed by atoms with van der Waals surface area (Å²) in [6.45, 7) is 2.23. The van der Waals surface area contributed by atoms with Crippen molar-refractivity contribution in [3.05, 3.63) is 28.2 Å². The van der Waals surface area contributed by atoms with Gasteiger partial charge in [0.1, 0.15) is 0 Å². The molecule has 0 spiro atoms. The van der Waals surface area contributed by atoms with Gasteiger partial charge in [-0.2, -0.15) is 0 Å². The summed E-state index contributed by atoms with van der Waals surface area (Å²) in [7, 11) is 3.78. The molecule has 1 aromatic carbocycles. The molecular weight excluding hydrogens is 310 g/mol. The number of amidine groups is 1. The normalized spacial score (nSPS) is 25.9. The Bertz CT molecular complexity index is 475. The first kappa shape index (κ1) is 13.7. The summed E-state index contributed by atoms with van der Waals surface area (Å²) in [6, 6.07) is 6.36. The Morgan fingerprint density at radius 2 is 2.28 bits per heavy atom. The van der Waals surface area contributed by atoms with Crippen LogP contribution >= 0.6 is 27.7 Å². The van der Waals surface area contributed by atoms with Gasteiger partial charge in [-0.1, -0.05) is 27.7 Å². The molecule has 0 bridgehead atoms. The van der Waals surface area contributed by atoms with Crippen LogP contribution in [0.25, 0.3) is 0 Å². The van der Waals surface area contributed by atoms with Crippen LogP contribution < -0.4 is 10.6 Å². The van der Waals surface area contributed by atoms with Gasteiger partial charge >= 0.3 is 0 Å². The third-order valence-electron chi connectivity index (χ3n) is 3.28. The Labute approximate surface area is 121 Å². The Morgan fingerprint density at radius 1 is 1.50 bits per heavy atom. The second kappa shape index (κ2) is 5.53. The number of aliphatic imine (C=N–C) groups is 1. The van der Waals surface area contributed by atoms with Crippen molar-refractivity contribution in [1.82, 2.24) is 5.32 Å². The highest BCUT2D eigenvalue weighted by Gasteiger charge is 2.33. The molecule has 3 nitrogen and oxygen atoms in total. The van der Waals surface area contributed by atoms with E-state index in [2.05, 4.69) is 56.7 Å². The standard InChI is InChI=1S/C13H18BrN3S/c1-13(6-7-18-12(16-3)17-13)10-8-9(15-2)4-5-11(10)14/h4-5,8,15H,6-7H2,1-3H3,(H,16,17). The van der Waals surface area contributed by atoms with Crippen molar-refractivity contribution in [2.45, 2.75) is 18.9 Å². The van der Waals surface area contributed by atoms with Gasteiger partial charge in [-0.05, 0) is 37.1 Å². The van der Waals surface area contributed by atoms with Crippen LogP contribution in [0.1, 0.15) is 18.9 Å². The number of thioether (sulfide) groups is 1. The molecule has 18 heavy (non-hydrogen) atoms. The number of halogens is 1. The van der Waals surface area contributed by atoms with Crippen LogP contribution in [0.15, 0.2) is 27.7 Å². The van der Waals surface area contributed by atoms with E-state index in [4.69, 9.17) is 0 Å². The number of rotatable bonds is 2. The molecule has 0 saturated carbocycles. The fraction of sp³-hybridized carbons (Fsp3) is 0.462. The predicted octanol–water partition coefficient (Wildman–Crippen LogP) is 3.42. The molecule has 5 heteroatoms. The highest BCUT2D eigenvalue weighted by molar-refractivity contribution is 9.10. The second-order valence-corrected chi connectivity index (χ2v) is 6.47. The molecule has 1 atom stereocenters. The van der Waals surface area contributed by atoms with E-state index in [1.807, 2.05) is 14.1 Å². The topological polar surface area (TPSA) is 36.4 Å². The molecule has 2 rings (SSSR count). The number of nitrogens with zero attached hydrogens (tertiary/aromatic N) is 1. The highest BCUT2D eigenvalue weighted by Crippen LogP contribution is 2.36. The number of benzene rings is 1. The third kappa shape index (κ3) is 2.67. The van der Waals surface area contributed by atoms with Gasteiger partial charge in [0.25, 0.3) is 0 Å². The van der Waals surface area contributed by atoms with Crippen LogP contribution in [-0.2, 0) is 5.54 Å². The molecule has 1 unspecified atom stereocenters. The minimum Gasteiger partial charge on any atom is -0.388 e. The average Bonchev–Trinajstić information content (AvgIpc) is 2.39. The van der Waals surface area contributed by atoms with Crippen molar-refractivity contribution >= 4 is 38.5 Å². The van der Waals surface area contributed by atoms with Crippen LogP contribution in [0.3, 0.4) is 0 Å². The van der Waals surface area contributed by atoms with Crippen LogP contribution in [0.5, 0.6) is 0 Å². The van der Waals surface area contributed by atoms with Crippen LogP contribution in [0.2, 0.25) is 0 Å². The summed E-state index contributed by atoms with van der Waals surface area (Å²) in [4.78, 5) is 4.28. The molecule has 0 radical (unpaired) electrons. The Balaban J connectivity index is 2.39. The maximum Gasteiger partial charge on any atom is 0.156 e. The molecule has 0 aliphatic carbocycles. The molecule has 1 heterocycles. The molecule has 1 saturated heterocycles. The molecular formula is C13H18BrN3S. The van der Waals surface area contributed by atoms with E-state index >= 15 is 0 Å². The smallest absolute Gasteiger partial charge is 0.156 e. The van der Waals surface area contributed by atoms with Crippen molar-refractivity contribution in [2.75, 3.05) is 25.2 Å². The van der Waals surface area contributed by atoms with Crippen molar-refractivity contribution in [3.8, 4) is 0 Å². The van der Waals surface area contributed by atoms with E-state index in [9.17, 15) is 0 Å². The van der Waals surface area contributed by atoms with Gasteiger partial charge in [-0.3, -0.25) is 4.99 Å². The largest absolute Gasteiger partial charge is 0.388 e. The van der Waals surface area contributed by atoms with E-state index in [1.165, 1.54) is 5.56 Å². The van der Waals surface area contributed by atoms with Crippen molar-refractivity contribution < 1.29 is 0 Å². The Hall–Kier alpha value is -0.680. The average molecular weight is 328 g/mol. The summed E-state index contributed by atoms with van der Waals surface area (Å²) in [5, 5.41) is 7.75. The Kier molecular flexibility index (Phi) is 4.22. The van der Waals surface area contributed by atoms with E-state index in [1.54, 1.807) is 11.8 Å². The molecule has 1 fully saturated rings. The zero-order chi connectivity index (χ0) is 13.2. The summed E-state index contributed by atoms with van der Waals surface area (Å²) in [6.07, 6.45) is 1.09. The second-order valence-electron chi connectivity index (χ2n) is 4.53. The lowest BCUT2D eigenvalue weighted by Crippen LogP contribution is -2.46. The SMILES string of the molecule is CN=C1NC(C)(c2cc(NC)ccc2Br)CCS1. The molecule has 0 aromatic heterocycles. The summed E-state index contributed by atoms with van der Waals surface area (Å²) >= 11 is 5.44. The van der Waals surface area contributed by atoms with Crippen LogP contribution in [0.4, 0.5) is 5.69 Å². The molecule has 98 valence electrons. The van der Waals surface area contributed by atoms with Crippen LogP contribution in [0, 0.1) is 0 Å². The maximum atomic E-state index is 4.28. The fourth-order valence-electron chi connectivity index (χ4n) is 2.11. The van der Waals surface area contributed by atoms with Gasteiger partial charge in [0.15, 0.2) is 5.17 Å². The lowest BCUT2D eigenvalue weighted by atomic mass is 9.89. The molecule has 0 amide bonds. The predicted molar refractivity (Wildman–Crippen MR) is 84.6 cm³/mol. The first-order valence-electron chi connectivity index (χ1n) is 5.94. The van der Waals surface area contributed by atoms with E-state index in [0.717, 1.165) is 27.5 Å². The first-order valence-corrected chi connectivity index (χ1v) is 7.72. The number of nitrogens with one attached hydrogen (secondary N) is 2. The number of anilines is 1. The zero-order valence-corrected chi connectivity index (χ0v) is 13.3. The van der Waals surface area contributed by atoms with Gasteiger partial charge in [-0.25, -0.2) is 0 Å². The van der Waals surface area contributed by atoms with Gasteiger partial charge in [0.2, 0.25) is 0 Å². The first-order chi connectivity index (χ1) is 8.59. The van der Waals surface area contributed by atoms with Crippen LogP contribution in [-0.4, -0.2) is 25.0 Å². The lowest BCUT2D eigenvalue weighted by Gasteiger charge is -2.37. The zero-order valence-electron chi connectivity index (χ0n) is 10.9.